The number of hydrogen-bond acceptors (Lipinski definition) is 3. The summed E-state index contributed by atoms with van der Waals surface area (Å²) in [6, 6.07) is 2.13. The molecule has 4 nitrogen and oxygen atoms in total. The molecule has 2 rings (SSSR count). The molecule has 0 radical (unpaired) electrons. The maximum Gasteiger partial charge on any atom is 0.115 e. The average Bonchev–Trinajstić information content (AvgIpc) is 2.83. The molecule has 0 saturated carbocycles. The van der Waals surface area contributed by atoms with E-state index in [4.69, 9.17) is 0 Å². The summed E-state index contributed by atoms with van der Waals surface area (Å²) in [5.74, 6) is 0. The van der Waals surface area contributed by atoms with E-state index in [1.54, 1.807) is 0 Å². The summed E-state index contributed by atoms with van der Waals surface area (Å²) < 4.78 is 0. The molecule has 0 atom stereocenters. The standard InChI is InChI=1S/C15H24N4/c1-3-5-7-9-12-11-14-15(16-12)13(17-19-18-14)10-8-6-4-2/h11,16H,3-10H2,1-2H3. The number of rotatable bonds is 8. The van der Waals surface area contributed by atoms with Crippen molar-refractivity contribution in [2.24, 2.45) is 0 Å². The fourth-order valence-corrected chi connectivity index (χ4v) is 2.39. The van der Waals surface area contributed by atoms with Gasteiger partial charge in [-0.3, -0.25) is 0 Å². The van der Waals surface area contributed by atoms with Crippen molar-refractivity contribution in [3.63, 3.8) is 0 Å². The van der Waals surface area contributed by atoms with Gasteiger partial charge in [-0.25, -0.2) is 0 Å². The summed E-state index contributed by atoms with van der Waals surface area (Å²) in [6.07, 6.45) is 9.51. The second kappa shape index (κ2) is 7.22. The van der Waals surface area contributed by atoms with Crippen LogP contribution in [0.3, 0.4) is 0 Å². The molecule has 0 bridgehead atoms. The third kappa shape index (κ3) is 3.75. The first kappa shape index (κ1) is 14.0. The van der Waals surface area contributed by atoms with Crippen LogP contribution in [0.25, 0.3) is 11.0 Å². The van der Waals surface area contributed by atoms with Gasteiger partial charge in [0.05, 0.1) is 11.2 Å². The van der Waals surface area contributed by atoms with Gasteiger partial charge in [-0.05, 0) is 37.0 Å². The summed E-state index contributed by atoms with van der Waals surface area (Å²) in [4.78, 5) is 3.48. The van der Waals surface area contributed by atoms with Crippen molar-refractivity contribution in [3.05, 3.63) is 17.5 Å². The molecule has 4 heteroatoms. The summed E-state index contributed by atoms with van der Waals surface area (Å²) in [7, 11) is 0. The van der Waals surface area contributed by atoms with Crippen LogP contribution in [-0.2, 0) is 12.8 Å². The molecule has 19 heavy (non-hydrogen) atoms. The maximum atomic E-state index is 4.20. The molecule has 1 N–H and O–H groups in total. The molecule has 0 aliphatic heterocycles. The van der Waals surface area contributed by atoms with Crippen molar-refractivity contribution in [1.29, 1.82) is 0 Å². The number of aryl methyl sites for hydroxylation is 2. The van der Waals surface area contributed by atoms with E-state index < -0.39 is 0 Å². The van der Waals surface area contributed by atoms with Gasteiger partial charge in [-0.15, -0.1) is 10.2 Å². The van der Waals surface area contributed by atoms with E-state index in [0.29, 0.717) is 0 Å². The first-order valence-electron chi connectivity index (χ1n) is 7.55. The molecular formula is C15H24N4. The van der Waals surface area contributed by atoms with E-state index in [9.17, 15) is 0 Å². The normalized spacial score (nSPS) is 11.3. The molecule has 0 aromatic carbocycles. The maximum absolute atomic E-state index is 4.20. The molecule has 0 aliphatic rings. The highest BCUT2D eigenvalue weighted by Gasteiger charge is 2.08. The van der Waals surface area contributed by atoms with Crippen LogP contribution in [0.5, 0.6) is 0 Å². The Balaban J connectivity index is 2.09. The summed E-state index contributed by atoms with van der Waals surface area (Å²) >= 11 is 0. The van der Waals surface area contributed by atoms with E-state index in [2.05, 4.69) is 40.3 Å². The highest BCUT2D eigenvalue weighted by Crippen LogP contribution is 2.18. The van der Waals surface area contributed by atoms with Crippen LogP contribution in [0, 0.1) is 0 Å². The van der Waals surface area contributed by atoms with Crippen LogP contribution in [0.15, 0.2) is 6.07 Å². The Morgan fingerprint density at radius 1 is 0.947 bits per heavy atom. The fourth-order valence-electron chi connectivity index (χ4n) is 2.39. The van der Waals surface area contributed by atoms with Crippen molar-refractivity contribution in [2.45, 2.75) is 65.2 Å². The van der Waals surface area contributed by atoms with Crippen LogP contribution < -0.4 is 0 Å². The molecule has 0 unspecified atom stereocenters. The SMILES string of the molecule is CCCCCc1cc2nnnc(CCCCC)c2[nH]1. The molecule has 2 aromatic heterocycles. The third-order valence-electron chi connectivity index (χ3n) is 3.53. The zero-order valence-corrected chi connectivity index (χ0v) is 12.1. The average molecular weight is 260 g/mol. The minimum atomic E-state index is 0.966. The van der Waals surface area contributed by atoms with E-state index in [0.717, 1.165) is 29.6 Å². The van der Waals surface area contributed by atoms with Crippen LogP contribution in [0.4, 0.5) is 0 Å². The molecule has 0 amide bonds. The summed E-state index contributed by atoms with van der Waals surface area (Å²) in [6.45, 7) is 4.45. The number of aromatic amines is 1. The molecule has 0 spiro atoms. The quantitative estimate of drug-likeness (QED) is 0.734. The Kier molecular flexibility index (Phi) is 5.31. The van der Waals surface area contributed by atoms with Gasteiger partial charge >= 0.3 is 0 Å². The Morgan fingerprint density at radius 3 is 2.42 bits per heavy atom. The fraction of sp³-hybridized carbons (Fsp3) is 0.667. The van der Waals surface area contributed by atoms with E-state index in [1.807, 2.05) is 0 Å². The zero-order valence-electron chi connectivity index (χ0n) is 12.1. The molecule has 0 saturated heterocycles. The second-order valence-corrected chi connectivity index (χ2v) is 5.21. The van der Waals surface area contributed by atoms with Gasteiger partial charge in [0.2, 0.25) is 0 Å². The van der Waals surface area contributed by atoms with Gasteiger partial charge in [-0.2, -0.15) is 0 Å². The number of fused-ring (bicyclic) bond motifs is 1. The lowest BCUT2D eigenvalue weighted by Gasteiger charge is -2.00. The van der Waals surface area contributed by atoms with Crippen molar-refractivity contribution >= 4 is 11.0 Å². The minimum absolute atomic E-state index is 0.966. The number of unbranched alkanes of at least 4 members (excludes halogenated alkanes) is 4. The number of aromatic nitrogens is 4. The van der Waals surface area contributed by atoms with Crippen molar-refractivity contribution in [1.82, 2.24) is 20.4 Å². The topological polar surface area (TPSA) is 54.5 Å². The smallest absolute Gasteiger partial charge is 0.115 e. The van der Waals surface area contributed by atoms with Crippen LogP contribution in [0.1, 0.15) is 63.8 Å². The van der Waals surface area contributed by atoms with Gasteiger partial charge in [0.15, 0.2) is 0 Å². The zero-order chi connectivity index (χ0) is 13.5. The van der Waals surface area contributed by atoms with Crippen LogP contribution in [-0.4, -0.2) is 20.4 Å². The minimum Gasteiger partial charge on any atom is -0.355 e. The molecule has 104 valence electrons. The lowest BCUT2D eigenvalue weighted by molar-refractivity contribution is 0.694. The lowest BCUT2D eigenvalue weighted by Crippen LogP contribution is -1.97. The largest absolute Gasteiger partial charge is 0.355 e. The number of H-pyrrole nitrogens is 1. The lowest BCUT2D eigenvalue weighted by atomic mass is 10.1. The van der Waals surface area contributed by atoms with E-state index in [1.165, 1.54) is 44.2 Å². The Labute approximate surface area is 115 Å². The number of nitrogens with one attached hydrogen (secondary N) is 1. The van der Waals surface area contributed by atoms with Gasteiger partial charge in [0.1, 0.15) is 5.52 Å². The second-order valence-electron chi connectivity index (χ2n) is 5.21. The summed E-state index contributed by atoms with van der Waals surface area (Å²) in [5.41, 5.74) is 4.40. The Hall–Kier alpha value is -1.45. The van der Waals surface area contributed by atoms with E-state index >= 15 is 0 Å². The molecule has 0 fully saturated rings. The first-order valence-corrected chi connectivity index (χ1v) is 7.55. The third-order valence-corrected chi connectivity index (χ3v) is 3.53. The number of hydrogen-bond donors (Lipinski definition) is 1. The van der Waals surface area contributed by atoms with Gasteiger partial charge in [0.25, 0.3) is 0 Å². The number of nitrogens with zero attached hydrogens (tertiary/aromatic N) is 3. The van der Waals surface area contributed by atoms with Crippen LogP contribution in [0.2, 0.25) is 0 Å². The van der Waals surface area contributed by atoms with Crippen molar-refractivity contribution < 1.29 is 0 Å². The van der Waals surface area contributed by atoms with Gasteiger partial charge in [-0.1, -0.05) is 39.5 Å². The highest BCUT2D eigenvalue weighted by atomic mass is 15.3. The summed E-state index contributed by atoms with van der Waals surface area (Å²) in [5, 5.41) is 12.2. The molecular weight excluding hydrogens is 236 g/mol. The van der Waals surface area contributed by atoms with E-state index in [-0.39, 0.29) is 0 Å². The first-order chi connectivity index (χ1) is 9.35. The Bertz CT molecular complexity index is 504. The molecule has 0 aliphatic carbocycles. The molecule has 2 aromatic rings. The van der Waals surface area contributed by atoms with Gasteiger partial charge < -0.3 is 4.98 Å². The van der Waals surface area contributed by atoms with Crippen LogP contribution >= 0.6 is 0 Å². The highest BCUT2D eigenvalue weighted by molar-refractivity contribution is 5.77. The molecule has 2 heterocycles. The van der Waals surface area contributed by atoms with Gasteiger partial charge in [0, 0.05) is 5.69 Å². The van der Waals surface area contributed by atoms with Crippen molar-refractivity contribution in [3.8, 4) is 0 Å². The predicted molar refractivity (Wildman–Crippen MR) is 78.1 cm³/mol. The van der Waals surface area contributed by atoms with Crippen molar-refractivity contribution in [2.75, 3.05) is 0 Å². The monoisotopic (exact) mass is 260 g/mol. The predicted octanol–water partition coefficient (Wildman–Crippen LogP) is 3.82. The Morgan fingerprint density at radius 2 is 1.68 bits per heavy atom.